The summed E-state index contributed by atoms with van der Waals surface area (Å²) in [5, 5.41) is -1.05. The van der Waals surface area contributed by atoms with Crippen LogP contribution in [0.2, 0.25) is 0 Å². The summed E-state index contributed by atoms with van der Waals surface area (Å²) in [5.74, 6) is -1.98. The molecule has 176 valence electrons. The standard InChI is InChI=1S/C24H22N2O7S/c1-13(2)18(24(30)33-12-14-8-10-15(32-3)11-9-14)26-22(29)19(23(26)34-31)25-20(27)16-6-4-5-7-17(16)21(25)28/h4-11,18-19,23,31H,1,12H2,2-3H3/t18-,19-,23-/m1/s1. The smallest absolute Gasteiger partial charge is 0.333 e. The zero-order chi connectivity index (χ0) is 24.6. The normalized spacial score (nSPS) is 20.0. The maximum absolute atomic E-state index is 13.1. The molecule has 0 saturated carbocycles. The van der Waals surface area contributed by atoms with Crippen LogP contribution in [0.1, 0.15) is 33.2 Å². The Labute approximate surface area is 200 Å². The largest absolute Gasteiger partial charge is 0.497 e. The number of carbonyl (C=O) groups is 4. The number of ether oxygens (including phenoxy) is 2. The average molecular weight is 483 g/mol. The van der Waals surface area contributed by atoms with Crippen molar-refractivity contribution >= 4 is 35.7 Å². The van der Waals surface area contributed by atoms with Crippen molar-refractivity contribution in [3.05, 3.63) is 77.4 Å². The number of amides is 3. The van der Waals surface area contributed by atoms with Gasteiger partial charge < -0.3 is 18.9 Å². The van der Waals surface area contributed by atoms with Gasteiger partial charge in [-0.15, -0.1) is 0 Å². The summed E-state index contributed by atoms with van der Waals surface area (Å²) in [6, 6.07) is 10.7. The van der Waals surface area contributed by atoms with Crippen molar-refractivity contribution < 1.29 is 33.2 Å². The fourth-order valence-corrected chi connectivity index (χ4v) is 4.74. The Kier molecular flexibility index (Phi) is 6.45. The van der Waals surface area contributed by atoms with E-state index in [1.54, 1.807) is 50.4 Å². The number of fused-ring (bicyclic) bond motifs is 1. The molecule has 34 heavy (non-hydrogen) atoms. The van der Waals surface area contributed by atoms with E-state index in [1.165, 1.54) is 12.1 Å². The van der Waals surface area contributed by atoms with Crippen LogP contribution in [0.5, 0.6) is 5.75 Å². The molecule has 2 aromatic rings. The Morgan fingerprint density at radius 3 is 2.18 bits per heavy atom. The first kappa shape index (κ1) is 23.5. The molecule has 10 heteroatoms. The van der Waals surface area contributed by atoms with Crippen molar-refractivity contribution in [1.29, 1.82) is 0 Å². The van der Waals surface area contributed by atoms with Crippen LogP contribution in [0, 0.1) is 0 Å². The molecule has 0 unspecified atom stereocenters. The molecule has 2 aliphatic heterocycles. The van der Waals surface area contributed by atoms with Gasteiger partial charge in [0.05, 0.1) is 18.2 Å². The molecule has 3 amide bonds. The van der Waals surface area contributed by atoms with Gasteiger partial charge in [-0.25, -0.2) is 4.79 Å². The third-order valence-corrected chi connectivity index (χ3v) is 6.47. The van der Waals surface area contributed by atoms with Gasteiger partial charge in [0.15, 0.2) is 12.1 Å². The molecule has 1 saturated heterocycles. The Morgan fingerprint density at radius 1 is 1.09 bits per heavy atom. The van der Waals surface area contributed by atoms with Gasteiger partial charge in [-0.2, -0.15) is 0 Å². The van der Waals surface area contributed by atoms with Crippen molar-refractivity contribution in [2.45, 2.75) is 31.0 Å². The maximum atomic E-state index is 13.1. The number of esters is 1. The van der Waals surface area contributed by atoms with E-state index >= 15 is 0 Å². The number of hydrogen-bond acceptors (Lipinski definition) is 8. The summed E-state index contributed by atoms with van der Waals surface area (Å²) in [6.45, 7) is 5.30. The highest BCUT2D eigenvalue weighted by Crippen LogP contribution is 2.39. The Balaban J connectivity index is 1.51. The van der Waals surface area contributed by atoms with Gasteiger partial charge in [0, 0.05) is 12.0 Å². The highest BCUT2D eigenvalue weighted by Gasteiger charge is 2.60. The molecule has 0 aromatic heterocycles. The molecule has 9 nitrogen and oxygen atoms in total. The molecule has 4 rings (SSSR count). The maximum Gasteiger partial charge on any atom is 0.333 e. The molecule has 0 bridgehead atoms. The number of likely N-dealkylation sites (tertiary alicyclic amines) is 1. The van der Waals surface area contributed by atoms with Gasteiger partial charge in [-0.3, -0.25) is 19.3 Å². The number of rotatable bonds is 8. The lowest BCUT2D eigenvalue weighted by Crippen LogP contribution is -2.73. The summed E-state index contributed by atoms with van der Waals surface area (Å²) in [4.78, 5) is 53.6. The van der Waals surface area contributed by atoms with E-state index < -0.39 is 41.1 Å². The van der Waals surface area contributed by atoms with E-state index in [2.05, 4.69) is 6.58 Å². The highest BCUT2D eigenvalue weighted by molar-refractivity contribution is 7.94. The summed E-state index contributed by atoms with van der Waals surface area (Å²) in [6.07, 6.45) is 0. The zero-order valence-electron chi connectivity index (χ0n) is 18.5. The fourth-order valence-electron chi connectivity index (χ4n) is 4.06. The fraction of sp³-hybridized carbons (Fsp3) is 0.250. The second-order valence-corrected chi connectivity index (χ2v) is 8.61. The number of hydrogen-bond donors (Lipinski definition) is 1. The van der Waals surface area contributed by atoms with Crippen LogP contribution in [-0.4, -0.2) is 62.6 Å². The van der Waals surface area contributed by atoms with E-state index in [-0.39, 0.29) is 29.8 Å². The first-order valence-electron chi connectivity index (χ1n) is 10.3. The lowest BCUT2D eigenvalue weighted by atomic mass is 9.98. The van der Waals surface area contributed by atoms with Crippen LogP contribution in [0.25, 0.3) is 0 Å². The van der Waals surface area contributed by atoms with Gasteiger partial charge in [-0.05, 0) is 42.3 Å². The van der Waals surface area contributed by atoms with Crippen molar-refractivity contribution in [2.24, 2.45) is 0 Å². The van der Waals surface area contributed by atoms with Crippen molar-refractivity contribution in [2.75, 3.05) is 7.11 Å². The summed E-state index contributed by atoms with van der Waals surface area (Å²) < 4.78 is 20.4. The number of imide groups is 1. The van der Waals surface area contributed by atoms with Gasteiger partial charge in [0.1, 0.15) is 17.7 Å². The van der Waals surface area contributed by atoms with Crippen LogP contribution in [-0.2, 0) is 20.9 Å². The highest BCUT2D eigenvalue weighted by atomic mass is 32.2. The lowest BCUT2D eigenvalue weighted by molar-refractivity contribution is -0.165. The molecule has 2 heterocycles. The van der Waals surface area contributed by atoms with E-state index in [0.29, 0.717) is 16.9 Å². The second kappa shape index (κ2) is 9.32. The van der Waals surface area contributed by atoms with Crippen LogP contribution in [0.3, 0.4) is 0 Å². The van der Waals surface area contributed by atoms with Crippen LogP contribution in [0.4, 0.5) is 0 Å². The van der Waals surface area contributed by atoms with Crippen LogP contribution >= 0.6 is 12.0 Å². The van der Waals surface area contributed by atoms with Gasteiger partial charge >= 0.3 is 5.97 Å². The van der Waals surface area contributed by atoms with Gasteiger partial charge in [0.2, 0.25) is 0 Å². The van der Waals surface area contributed by atoms with E-state index in [9.17, 15) is 23.7 Å². The molecule has 2 aromatic carbocycles. The predicted molar refractivity (Wildman–Crippen MR) is 123 cm³/mol. The predicted octanol–water partition coefficient (Wildman–Crippen LogP) is 2.72. The van der Waals surface area contributed by atoms with Gasteiger partial charge in [-0.1, -0.05) is 30.8 Å². The van der Waals surface area contributed by atoms with Gasteiger partial charge in [0.25, 0.3) is 17.7 Å². The van der Waals surface area contributed by atoms with E-state index in [4.69, 9.17) is 9.47 Å². The van der Waals surface area contributed by atoms with Crippen molar-refractivity contribution in [3.63, 3.8) is 0 Å². The van der Waals surface area contributed by atoms with E-state index in [0.717, 1.165) is 9.80 Å². The quantitative estimate of drug-likeness (QED) is 0.201. The molecule has 1 fully saturated rings. The summed E-state index contributed by atoms with van der Waals surface area (Å²) in [7, 11) is 1.54. The minimum Gasteiger partial charge on any atom is -0.497 e. The van der Waals surface area contributed by atoms with Crippen LogP contribution in [0.15, 0.2) is 60.7 Å². The number of methoxy groups -OCH3 is 1. The third kappa shape index (κ3) is 3.84. The van der Waals surface area contributed by atoms with Crippen molar-refractivity contribution in [3.8, 4) is 5.75 Å². The zero-order valence-corrected chi connectivity index (χ0v) is 19.3. The average Bonchev–Trinajstić information content (AvgIpc) is 3.09. The minimum atomic E-state index is -1.25. The third-order valence-electron chi connectivity index (χ3n) is 5.77. The molecule has 0 radical (unpaired) electrons. The summed E-state index contributed by atoms with van der Waals surface area (Å²) >= 11 is 0.279. The van der Waals surface area contributed by atoms with E-state index in [1.807, 2.05) is 0 Å². The lowest BCUT2D eigenvalue weighted by Gasteiger charge is -2.50. The number of nitrogens with zero attached hydrogens (tertiary/aromatic N) is 2. The molecular weight excluding hydrogens is 460 g/mol. The van der Waals surface area contributed by atoms with Crippen LogP contribution < -0.4 is 4.74 Å². The minimum absolute atomic E-state index is 0.0482. The number of β-lactam (4-membered cyclic amide) rings is 1. The number of benzene rings is 2. The Morgan fingerprint density at radius 2 is 1.68 bits per heavy atom. The molecule has 0 aliphatic carbocycles. The topological polar surface area (TPSA) is 113 Å². The number of carbonyl (C=O) groups excluding carboxylic acids is 4. The Hall–Kier alpha value is -3.63. The second-order valence-electron chi connectivity index (χ2n) is 7.92. The van der Waals surface area contributed by atoms with Crippen molar-refractivity contribution in [1.82, 2.24) is 9.80 Å². The molecule has 0 spiro atoms. The molecule has 3 atom stereocenters. The monoisotopic (exact) mass is 482 g/mol. The first-order chi connectivity index (χ1) is 16.3. The SMILES string of the molecule is C=C(C)[C@H](C(=O)OCc1ccc(OC)cc1)N1C(=O)[C@@H](N2C(=O)c3ccccc3C2=O)[C@H]1SO. The molecule has 2 aliphatic rings. The molecular formula is C24H22N2O7S. The summed E-state index contributed by atoms with van der Waals surface area (Å²) in [5.41, 5.74) is 1.40. The Bertz CT molecular complexity index is 1150. The first-order valence-corrected chi connectivity index (χ1v) is 11.2. The molecule has 1 N–H and O–H groups in total.